The van der Waals surface area contributed by atoms with Crippen LogP contribution >= 0.6 is 0 Å². The van der Waals surface area contributed by atoms with Crippen LogP contribution < -0.4 is 4.90 Å². The van der Waals surface area contributed by atoms with E-state index in [9.17, 15) is 0 Å². The van der Waals surface area contributed by atoms with Crippen molar-refractivity contribution in [3.05, 3.63) is 48.6 Å². The molecule has 90 valence electrons. The minimum atomic E-state index is 0.364. The van der Waals surface area contributed by atoms with E-state index in [1.54, 1.807) is 0 Å². The van der Waals surface area contributed by atoms with Crippen LogP contribution in [0.4, 0.5) is 0 Å². The molecule has 0 aromatic heterocycles. The van der Waals surface area contributed by atoms with Crippen LogP contribution in [0.15, 0.2) is 43.0 Å². The van der Waals surface area contributed by atoms with Crippen molar-refractivity contribution < 1.29 is 4.90 Å². The van der Waals surface area contributed by atoms with Gasteiger partial charge in [-0.2, -0.15) is 0 Å². The number of benzene rings is 1. The fourth-order valence-electron chi connectivity index (χ4n) is 1.93. The smallest absolute Gasteiger partial charge is 0.153 e. The van der Waals surface area contributed by atoms with Gasteiger partial charge in [-0.05, 0) is 31.9 Å². The SMILES string of the molecule is C=CC[C@@H](C#Cc1ccccc1)[NH+](CC)CC. The van der Waals surface area contributed by atoms with Gasteiger partial charge >= 0.3 is 0 Å². The third-order valence-corrected chi connectivity index (χ3v) is 2.97. The average Bonchev–Trinajstić information content (AvgIpc) is 2.38. The molecule has 0 aliphatic carbocycles. The maximum absolute atomic E-state index is 3.83. The Morgan fingerprint density at radius 1 is 1.24 bits per heavy atom. The van der Waals surface area contributed by atoms with E-state index < -0.39 is 0 Å². The zero-order chi connectivity index (χ0) is 12.5. The highest BCUT2D eigenvalue weighted by atomic mass is 15.1. The van der Waals surface area contributed by atoms with E-state index in [0.29, 0.717) is 6.04 Å². The number of quaternary nitrogens is 1. The first kappa shape index (κ1) is 13.5. The first-order chi connectivity index (χ1) is 8.31. The lowest BCUT2D eigenvalue weighted by Gasteiger charge is -2.21. The Balaban J connectivity index is 2.79. The largest absolute Gasteiger partial charge is 0.323 e. The Hall–Kier alpha value is -1.52. The van der Waals surface area contributed by atoms with Crippen molar-refractivity contribution in [2.45, 2.75) is 26.3 Å². The van der Waals surface area contributed by atoms with Crippen molar-refractivity contribution in [3.63, 3.8) is 0 Å². The summed E-state index contributed by atoms with van der Waals surface area (Å²) in [6.07, 6.45) is 2.92. The van der Waals surface area contributed by atoms with Gasteiger partial charge in [0, 0.05) is 12.0 Å². The van der Waals surface area contributed by atoms with Gasteiger partial charge in [0.05, 0.1) is 13.1 Å². The summed E-state index contributed by atoms with van der Waals surface area (Å²) >= 11 is 0. The molecule has 0 spiro atoms. The molecule has 0 bridgehead atoms. The minimum Gasteiger partial charge on any atom is -0.323 e. The van der Waals surface area contributed by atoms with Crippen LogP contribution in [0.3, 0.4) is 0 Å². The fraction of sp³-hybridized carbons (Fsp3) is 0.375. The van der Waals surface area contributed by atoms with E-state index in [0.717, 1.165) is 25.1 Å². The summed E-state index contributed by atoms with van der Waals surface area (Å²) in [4.78, 5) is 1.52. The van der Waals surface area contributed by atoms with Crippen molar-refractivity contribution in [3.8, 4) is 11.8 Å². The van der Waals surface area contributed by atoms with E-state index >= 15 is 0 Å². The summed E-state index contributed by atoms with van der Waals surface area (Å²) in [5.41, 5.74) is 1.09. The Morgan fingerprint density at radius 2 is 1.88 bits per heavy atom. The highest BCUT2D eigenvalue weighted by Gasteiger charge is 2.14. The Bertz CT molecular complexity index is 379. The molecule has 0 aliphatic heterocycles. The number of hydrogen-bond donors (Lipinski definition) is 1. The second-order valence-corrected chi connectivity index (χ2v) is 4.08. The summed E-state index contributed by atoms with van der Waals surface area (Å²) in [6, 6.07) is 10.5. The van der Waals surface area contributed by atoms with Crippen LogP contribution in [-0.4, -0.2) is 19.1 Å². The molecule has 1 aromatic rings. The van der Waals surface area contributed by atoms with Gasteiger partial charge in [-0.15, -0.1) is 6.58 Å². The van der Waals surface area contributed by atoms with Crippen LogP contribution in [0.1, 0.15) is 25.8 Å². The average molecular weight is 228 g/mol. The lowest BCUT2D eigenvalue weighted by Crippen LogP contribution is -3.15. The molecule has 0 saturated carbocycles. The lowest BCUT2D eigenvalue weighted by molar-refractivity contribution is -0.913. The van der Waals surface area contributed by atoms with Crippen molar-refractivity contribution in [2.24, 2.45) is 0 Å². The highest BCUT2D eigenvalue weighted by Crippen LogP contribution is 1.96. The first-order valence-electron chi connectivity index (χ1n) is 6.33. The monoisotopic (exact) mass is 228 g/mol. The molecule has 0 amide bonds. The van der Waals surface area contributed by atoms with Crippen LogP contribution in [0.25, 0.3) is 0 Å². The summed E-state index contributed by atoms with van der Waals surface area (Å²) in [7, 11) is 0. The predicted octanol–water partition coefficient (Wildman–Crippen LogP) is 1.91. The van der Waals surface area contributed by atoms with Gasteiger partial charge < -0.3 is 4.90 Å². The summed E-state index contributed by atoms with van der Waals surface area (Å²) in [5.74, 6) is 6.64. The predicted molar refractivity (Wildman–Crippen MR) is 74.0 cm³/mol. The van der Waals surface area contributed by atoms with Gasteiger partial charge in [-0.1, -0.05) is 30.2 Å². The van der Waals surface area contributed by atoms with Gasteiger partial charge in [0.2, 0.25) is 0 Å². The van der Waals surface area contributed by atoms with Crippen molar-refractivity contribution in [1.82, 2.24) is 0 Å². The summed E-state index contributed by atoms with van der Waals surface area (Å²) in [6.45, 7) is 10.5. The third-order valence-electron chi connectivity index (χ3n) is 2.97. The molecule has 1 nitrogen and oxygen atoms in total. The Kier molecular flexibility index (Phi) is 6.14. The second-order valence-electron chi connectivity index (χ2n) is 4.08. The molecule has 1 heteroatoms. The van der Waals surface area contributed by atoms with Gasteiger partial charge in [0.25, 0.3) is 0 Å². The van der Waals surface area contributed by atoms with Crippen molar-refractivity contribution in [1.29, 1.82) is 0 Å². The zero-order valence-electron chi connectivity index (χ0n) is 10.9. The maximum Gasteiger partial charge on any atom is 0.153 e. The summed E-state index contributed by atoms with van der Waals surface area (Å²) in [5, 5.41) is 0. The van der Waals surface area contributed by atoms with Crippen LogP contribution in [0, 0.1) is 11.8 Å². The fourth-order valence-corrected chi connectivity index (χ4v) is 1.93. The second kappa shape index (κ2) is 7.70. The molecule has 0 saturated heterocycles. The van der Waals surface area contributed by atoms with E-state index in [4.69, 9.17) is 0 Å². The molecule has 0 heterocycles. The van der Waals surface area contributed by atoms with Crippen LogP contribution in [0.5, 0.6) is 0 Å². The van der Waals surface area contributed by atoms with Gasteiger partial charge in [-0.25, -0.2) is 0 Å². The van der Waals surface area contributed by atoms with Gasteiger partial charge in [-0.3, -0.25) is 0 Å². The van der Waals surface area contributed by atoms with E-state index in [-0.39, 0.29) is 0 Å². The molecule has 0 radical (unpaired) electrons. The number of nitrogens with one attached hydrogen (secondary N) is 1. The molecular weight excluding hydrogens is 206 g/mol. The Morgan fingerprint density at radius 3 is 2.41 bits per heavy atom. The number of rotatable bonds is 5. The quantitative estimate of drug-likeness (QED) is 0.580. The van der Waals surface area contributed by atoms with Gasteiger partial charge in [0.1, 0.15) is 0 Å². The normalized spacial score (nSPS) is 11.7. The van der Waals surface area contributed by atoms with Crippen LogP contribution in [-0.2, 0) is 0 Å². The third kappa shape index (κ3) is 4.46. The molecule has 0 aliphatic rings. The maximum atomic E-state index is 3.83. The Labute approximate surface area is 105 Å². The van der Waals surface area contributed by atoms with E-state index in [2.05, 4.69) is 44.4 Å². The zero-order valence-corrected chi connectivity index (χ0v) is 10.9. The summed E-state index contributed by atoms with van der Waals surface area (Å²) < 4.78 is 0. The van der Waals surface area contributed by atoms with E-state index in [1.165, 1.54) is 4.90 Å². The molecule has 1 rings (SSSR count). The van der Waals surface area contributed by atoms with Crippen molar-refractivity contribution in [2.75, 3.05) is 13.1 Å². The molecule has 1 atom stereocenters. The lowest BCUT2D eigenvalue weighted by atomic mass is 10.1. The molecule has 0 unspecified atom stereocenters. The number of hydrogen-bond acceptors (Lipinski definition) is 0. The van der Waals surface area contributed by atoms with Crippen LogP contribution in [0.2, 0.25) is 0 Å². The van der Waals surface area contributed by atoms with E-state index in [1.807, 2.05) is 24.3 Å². The highest BCUT2D eigenvalue weighted by molar-refractivity contribution is 5.34. The molecule has 0 fully saturated rings. The molecular formula is C16H22N+. The first-order valence-corrected chi connectivity index (χ1v) is 6.33. The van der Waals surface area contributed by atoms with Gasteiger partial charge in [0.15, 0.2) is 6.04 Å². The molecule has 1 N–H and O–H groups in total. The molecule has 17 heavy (non-hydrogen) atoms. The minimum absolute atomic E-state index is 0.364. The van der Waals surface area contributed by atoms with Crippen molar-refractivity contribution >= 4 is 0 Å². The molecule has 1 aromatic carbocycles. The standard InChI is InChI=1S/C16H21N/c1-4-10-16(17(5-2)6-3)14-13-15-11-8-7-9-12-15/h4,7-9,11-12,16H,1,5-6,10H2,2-3H3/p+1/t16-/m0/s1. The topological polar surface area (TPSA) is 4.44 Å².